The Morgan fingerprint density at radius 1 is 1.26 bits per heavy atom. The third-order valence-corrected chi connectivity index (χ3v) is 2.99. The van der Waals surface area contributed by atoms with Crippen molar-refractivity contribution in [3.8, 4) is 11.5 Å². The molecule has 1 unspecified atom stereocenters. The van der Waals surface area contributed by atoms with Crippen LogP contribution in [0, 0.1) is 0 Å². The smallest absolute Gasteiger partial charge is 0.179 e. The van der Waals surface area contributed by atoms with E-state index in [1.807, 2.05) is 26.0 Å². The first kappa shape index (κ1) is 16.1. The maximum Gasteiger partial charge on any atom is 0.179 e. The average Bonchev–Trinajstić information content (AvgIpc) is 2.36. The van der Waals surface area contributed by atoms with Gasteiger partial charge in [0, 0.05) is 6.04 Å². The van der Waals surface area contributed by atoms with Crippen molar-refractivity contribution in [1.29, 1.82) is 0 Å². The average molecular weight is 286 g/mol. The lowest BCUT2D eigenvalue weighted by molar-refractivity contribution is 0.277. The molecule has 0 bridgehead atoms. The van der Waals surface area contributed by atoms with Gasteiger partial charge in [-0.2, -0.15) is 0 Å². The minimum Gasteiger partial charge on any atom is -0.490 e. The van der Waals surface area contributed by atoms with Gasteiger partial charge in [0.05, 0.1) is 18.2 Å². The number of benzene rings is 1. The molecule has 0 saturated heterocycles. The van der Waals surface area contributed by atoms with Gasteiger partial charge in [-0.25, -0.2) is 0 Å². The number of hydrogen-bond donors (Lipinski definition) is 1. The normalized spacial score (nSPS) is 12.3. The highest BCUT2D eigenvalue weighted by Crippen LogP contribution is 2.37. The molecular formula is C15H24ClNO2. The van der Waals surface area contributed by atoms with Gasteiger partial charge < -0.3 is 15.2 Å². The van der Waals surface area contributed by atoms with Crippen molar-refractivity contribution >= 4 is 11.6 Å². The van der Waals surface area contributed by atoms with E-state index in [1.165, 1.54) is 0 Å². The van der Waals surface area contributed by atoms with Crippen LogP contribution in [0.25, 0.3) is 0 Å². The van der Waals surface area contributed by atoms with Gasteiger partial charge in [0.2, 0.25) is 0 Å². The number of halogens is 1. The Balaban J connectivity index is 2.92. The molecule has 108 valence electrons. The Kier molecular flexibility index (Phi) is 7.03. The van der Waals surface area contributed by atoms with Gasteiger partial charge in [0.25, 0.3) is 0 Å². The molecule has 0 aliphatic carbocycles. The maximum atomic E-state index is 6.29. The first-order chi connectivity index (χ1) is 9.08. The van der Waals surface area contributed by atoms with E-state index in [0.29, 0.717) is 24.0 Å². The molecule has 4 heteroatoms. The summed E-state index contributed by atoms with van der Waals surface area (Å²) in [5.74, 6) is 1.37. The molecule has 0 fully saturated rings. The SMILES string of the molecule is CCCOc1c(Cl)cc(CCC(C)N)cc1OCC. The van der Waals surface area contributed by atoms with E-state index >= 15 is 0 Å². The molecule has 2 N–H and O–H groups in total. The van der Waals surface area contributed by atoms with Crippen LogP contribution in [0.5, 0.6) is 11.5 Å². The van der Waals surface area contributed by atoms with Crippen LogP contribution < -0.4 is 15.2 Å². The first-order valence-corrected chi connectivity index (χ1v) is 7.29. The van der Waals surface area contributed by atoms with Crippen LogP contribution >= 0.6 is 11.6 Å². The highest BCUT2D eigenvalue weighted by atomic mass is 35.5. The monoisotopic (exact) mass is 285 g/mol. The fourth-order valence-electron chi connectivity index (χ4n) is 1.77. The summed E-state index contributed by atoms with van der Waals surface area (Å²) in [4.78, 5) is 0. The fourth-order valence-corrected chi connectivity index (χ4v) is 2.06. The topological polar surface area (TPSA) is 44.5 Å². The Morgan fingerprint density at radius 2 is 2.00 bits per heavy atom. The Hall–Kier alpha value is -0.930. The van der Waals surface area contributed by atoms with E-state index in [1.54, 1.807) is 0 Å². The zero-order valence-corrected chi connectivity index (χ0v) is 12.8. The second-order valence-electron chi connectivity index (χ2n) is 4.70. The second kappa shape index (κ2) is 8.28. The molecule has 0 radical (unpaired) electrons. The summed E-state index contributed by atoms with van der Waals surface area (Å²) in [5, 5.41) is 0.610. The predicted molar refractivity (Wildman–Crippen MR) is 80.4 cm³/mol. The second-order valence-corrected chi connectivity index (χ2v) is 5.11. The Labute approximate surface area is 121 Å². The number of rotatable bonds is 8. The molecule has 0 aromatic heterocycles. The molecule has 0 aliphatic rings. The largest absolute Gasteiger partial charge is 0.490 e. The molecule has 0 aliphatic heterocycles. The van der Waals surface area contributed by atoms with Crippen molar-refractivity contribution in [2.45, 2.75) is 46.1 Å². The van der Waals surface area contributed by atoms with Crippen molar-refractivity contribution in [2.75, 3.05) is 13.2 Å². The number of ether oxygens (including phenoxy) is 2. The molecule has 0 heterocycles. The van der Waals surface area contributed by atoms with Crippen LogP contribution in [0.4, 0.5) is 0 Å². The van der Waals surface area contributed by atoms with Crippen LogP contribution in [-0.4, -0.2) is 19.3 Å². The van der Waals surface area contributed by atoms with Crippen molar-refractivity contribution < 1.29 is 9.47 Å². The van der Waals surface area contributed by atoms with Gasteiger partial charge >= 0.3 is 0 Å². The quantitative estimate of drug-likeness (QED) is 0.790. The van der Waals surface area contributed by atoms with Crippen molar-refractivity contribution in [2.24, 2.45) is 5.73 Å². The van der Waals surface area contributed by atoms with Gasteiger partial charge in [-0.15, -0.1) is 0 Å². The predicted octanol–water partition coefficient (Wildman–Crippen LogP) is 3.81. The Bertz CT molecular complexity index is 394. The summed E-state index contributed by atoms with van der Waals surface area (Å²) in [5.41, 5.74) is 6.92. The lowest BCUT2D eigenvalue weighted by atomic mass is 10.1. The molecule has 1 aromatic rings. The van der Waals surface area contributed by atoms with Crippen LogP contribution in [-0.2, 0) is 6.42 Å². The molecule has 19 heavy (non-hydrogen) atoms. The molecule has 1 atom stereocenters. The number of nitrogens with two attached hydrogens (primary N) is 1. The van der Waals surface area contributed by atoms with Crippen molar-refractivity contribution in [1.82, 2.24) is 0 Å². The van der Waals surface area contributed by atoms with E-state index in [0.717, 1.165) is 30.6 Å². The van der Waals surface area contributed by atoms with Gasteiger partial charge in [-0.3, -0.25) is 0 Å². The summed E-state index contributed by atoms with van der Waals surface area (Å²) < 4.78 is 11.3. The summed E-state index contributed by atoms with van der Waals surface area (Å²) in [6.07, 6.45) is 2.76. The zero-order chi connectivity index (χ0) is 14.3. The molecule has 0 spiro atoms. The highest BCUT2D eigenvalue weighted by molar-refractivity contribution is 6.32. The van der Waals surface area contributed by atoms with E-state index in [9.17, 15) is 0 Å². The number of aryl methyl sites for hydroxylation is 1. The van der Waals surface area contributed by atoms with Gasteiger partial charge in [-0.1, -0.05) is 18.5 Å². The molecular weight excluding hydrogens is 262 g/mol. The standard InChI is InChI=1S/C15H24ClNO2/c1-4-8-19-15-13(16)9-12(7-6-11(3)17)10-14(15)18-5-2/h9-11H,4-8,17H2,1-3H3. The van der Waals surface area contributed by atoms with E-state index in [2.05, 4.69) is 6.92 Å². The molecule has 0 saturated carbocycles. The van der Waals surface area contributed by atoms with E-state index in [4.69, 9.17) is 26.8 Å². The maximum absolute atomic E-state index is 6.29. The van der Waals surface area contributed by atoms with Crippen molar-refractivity contribution in [3.05, 3.63) is 22.7 Å². The van der Waals surface area contributed by atoms with Crippen LogP contribution in [0.15, 0.2) is 12.1 Å². The Morgan fingerprint density at radius 3 is 2.58 bits per heavy atom. The fraction of sp³-hybridized carbons (Fsp3) is 0.600. The lowest BCUT2D eigenvalue weighted by Crippen LogP contribution is -2.15. The molecule has 3 nitrogen and oxygen atoms in total. The summed E-state index contributed by atoms with van der Waals surface area (Å²) in [6.45, 7) is 7.25. The van der Waals surface area contributed by atoms with Crippen LogP contribution in [0.2, 0.25) is 5.02 Å². The highest BCUT2D eigenvalue weighted by Gasteiger charge is 2.12. The van der Waals surface area contributed by atoms with Crippen LogP contribution in [0.1, 0.15) is 39.2 Å². The van der Waals surface area contributed by atoms with E-state index < -0.39 is 0 Å². The van der Waals surface area contributed by atoms with Gasteiger partial charge in [0.1, 0.15) is 0 Å². The third kappa shape index (κ3) is 5.29. The summed E-state index contributed by atoms with van der Waals surface area (Å²) >= 11 is 6.29. The molecule has 0 amide bonds. The molecule has 1 rings (SSSR count). The van der Waals surface area contributed by atoms with Crippen molar-refractivity contribution in [3.63, 3.8) is 0 Å². The third-order valence-electron chi connectivity index (χ3n) is 2.71. The minimum atomic E-state index is 0.185. The van der Waals surface area contributed by atoms with Crippen LogP contribution in [0.3, 0.4) is 0 Å². The zero-order valence-electron chi connectivity index (χ0n) is 12.0. The van der Waals surface area contributed by atoms with Gasteiger partial charge in [0.15, 0.2) is 11.5 Å². The number of hydrogen-bond acceptors (Lipinski definition) is 3. The van der Waals surface area contributed by atoms with Gasteiger partial charge in [-0.05, 0) is 50.8 Å². The molecule has 1 aromatic carbocycles. The van der Waals surface area contributed by atoms with E-state index in [-0.39, 0.29) is 6.04 Å². The summed E-state index contributed by atoms with van der Waals surface area (Å²) in [7, 11) is 0. The lowest BCUT2D eigenvalue weighted by Gasteiger charge is -2.15. The first-order valence-electron chi connectivity index (χ1n) is 6.92. The summed E-state index contributed by atoms with van der Waals surface area (Å²) in [6, 6.07) is 4.13. The minimum absolute atomic E-state index is 0.185.